The van der Waals surface area contributed by atoms with Crippen molar-refractivity contribution in [3.8, 4) is 0 Å². The van der Waals surface area contributed by atoms with E-state index in [4.69, 9.17) is 0 Å². The number of nitrogens with zero attached hydrogens (tertiary/aromatic N) is 2. The first kappa shape index (κ1) is 20.0. The number of hydrogen-bond acceptors (Lipinski definition) is 4. The normalized spacial score (nSPS) is 16.4. The highest BCUT2D eigenvalue weighted by atomic mass is 16.2. The summed E-state index contributed by atoms with van der Waals surface area (Å²) in [6, 6.07) is 20.5. The molecule has 0 unspecified atom stereocenters. The van der Waals surface area contributed by atoms with Gasteiger partial charge in [-0.15, -0.1) is 0 Å². The summed E-state index contributed by atoms with van der Waals surface area (Å²) in [6.07, 6.45) is 1.99. The van der Waals surface area contributed by atoms with Crippen LogP contribution in [0.1, 0.15) is 25.3 Å². The van der Waals surface area contributed by atoms with Crippen molar-refractivity contribution >= 4 is 45.4 Å². The van der Waals surface area contributed by atoms with Gasteiger partial charge in [0.25, 0.3) is 11.8 Å². The quantitative estimate of drug-likeness (QED) is 0.637. The molecule has 2 aliphatic heterocycles. The summed E-state index contributed by atoms with van der Waals surface area (Å²) in [5.41, 5.74) is 2.79. The van der Waals surface area contributed by atoms with E-state index in [1.54, 1.807) is 24.3 Å². The van der Waals surface area contributed by atoms with E-state index in [9.17, 15) is 14.4 Å². The molecule has 6 heteroatoms. The van der Waals surface area contributed by atoms with Crippen molar-refractivity contribution in [1.29, 1.82) is 0 Å². The molecule has 5 rings (SSSR count). The summed E-state index contributed by atoms with van der Waals surface area (Å²) in [5.74, 6) is -0.765. The largest absolute Gasteiger partial charge is 0.366 e. The highest BCUT2D eigenvalue weighted by Crippen LogP contribution is 2.38. The van der Waals surface area contributed by atoms with Gasteiger partial charge in [0.1, 0.15) is 5.70 Å². The van der Waals surface area contributed by atoms with E-state index >= 15 is 0 Å². The lowest BCUT2D eigenvalue weighted by molar-refractivity contribution is -0.120. The number of benzene rings is 3. The van der Waals surface area contributed by atoms with Crippen LogP contribution in [0.5, 0.6) is 0 Å². The molecule has 0 saturated carbocycles. The van der Waals surface area contributed by atoms with Crippen LogP contribution in [0.4, 0.5) is 11.4 Å². The van der Waals surface area contributed by atoms with Gasteiger partial charge >= 0.3 is 0 Å². The standard InChI is InChI=1S/C26H23N3O3/c1-17(30)27-20-13-11-19(12-14-20)23-24(28-15-4-5-16-28)26(32)29(25(23)31)22-10-6-8-18-7-2-3-9-21(18)22/h2-3,6-14H,4-5,15-16H2,1H3,(H,27,30). The summed E-state index contributed by atoms with van der Waals surface area (Å²) >= 11 is 0. The molecule has 3 aromatic rings. The summed E-state index contributed by atoms with van der Waals surface area (Å²) in [4.78, 5) is 42.1. The molecule has 0 aliphatic carbocycles. The molecule has 0 spiro atoms. The third kappa shape index (κ3) is 3.34. The summed E-state index contributed by atoms with van der Waals surface area (Å²) < 4.78 is 0. The number of rotatable bonds is 4. The Bertz CT molecular complexity index is 1270. The minimum atomic E-state index is -0.319. The zero-order valence-electron chi connectivity index (χ0n) is 17.8. The van der Waals surface area contributed by atoms with Crippen molar-refractivity contribution in [2.75, 3.05) is 23.3 Å². The second kappa shape index (κ2) is 7.96. The molecular weight excluding hydrogens is 402 g/mol. The van der Waals surface area contributed by atoms with Gasteiger partial charge in [0.2, 0.25) is 5.91 Å². The zero-order valence-corrected chi connectivity index (χ0v) is 17.8. The maximum atomic E-state index is 13.7. The molecule has 0 radical (unpaired) electrons. The highest BCUT2D eigenvalue weighted by molar-refractivity contribution is 6.46. The van der Waals surface area contributed by atoms with E-state index in [2.05, 4.69) is 5.32 Å². The van der Waals surface area contributed by atoms with Crippen LogP contribution in [0.2, 0.25) is 0 Å². The topological polar surface area (TPSA) is 69.7 Å². The Balaban J connectivity index is 1.62. The van der Waals surface area contributed by atoms with E-state index in [1.165, 1.54) is 11.8 Å². The predicted molar refractivity (Wildman–Crippen MR) is 125 cm³/mol. The molecule has 2 heterocycles. The van der Waals surface area contributed by atoms with Crippen molar-refractivity contribution in [3.05, 3.63) is 78.0 Å². The number of fused-ring (bicyclic) bond motifs is 1. The number of anilines is 2. The Morgan fingerprint density at radius 2 is 1.53 bits per heavy atom. The Morgan fingerprint density at radius 3 is 2.25 bits per heavy atom. The monoisotopic (exact) mass is 425 g/mol. The molecule has 0 atom stereocenters. The van der Waals surface area contributed by atoms with Gasteiger partial charge in [0.05, 0.1) is 11.3 Å². The van der Waals surface area contributed by atoms with Crippen LogP contribution >= 0.6 is 0 Å². The number of imide groups is 1. The number of hydrogen-bond donors (Lipinski definition) is 1. The van der Waals surface area contributed by atoms with Crippen LogP contribution in [0, 0.1) is 0 Å². The minimum absolute atomic E-state index is 0.163. The van der Waals surface area contributed by atoms with Crippen LogP contribution < -0.4 is 10.2 Å². The third-order valence-corrected chi connectivity index (χ3v) is 5.98. The van der Waals surface area contributed by atoms with Crippen molar-refractivity contribution < 1.29 is 14.4 Å². The molecule has 0 bridgehead atoms. The predicted octanol–water partition coefficient (Wildman–Crippen LogP) is 4.18. The summed E-state index contributed by atoms with van der Waals surface area (Å²) in [5, 5.41) is 4.57. The zero-order chi connectivity index (χ0) is 22.2. The average molecular weight is 425 g/mol. The smallest absolute Gasteiger partial charge is 0.282 e. The first-order valence-corrected chi connectivity index (χ1v) is 10.8. The lowest BCUT2D eigenvalue weighted by Gasteiger charge is -2.21. The lowest BCUT2D eigenvalue weighted by atomic mass is 10.0. The first-order chi connectivity index (χ1) is 15.5. The molecule has 6 nitrogen and oxygen atoms in total. The second-order valence-corrected chi connectivity index (χ2v) is 8.12. The average Bonchev–Trinajstić information content (AvgIpc) is 3.40. The van der Waals surface area contributed by atoms with Crippen molar-refractivity contribution in [3.63, 3.8) is 0 Å². The van der Waals surface area contributed by atoms with Crippen molar-refractivity contribution in [2.24, 2.45) is 0 Å². The van der Waals surface area contributed by atoms with E-state index in [0.717, 1.165) is 36.7 Å². The maximum Gasteiger partial charge on any atom is 0.282 e. The van der Waals surface area contributed by atoms with Crippen LogP contribution in [0.15, 0.2) is 72.4 Å². The maximum absolute atomic E-state index is 13.7. The van der Waals surface area contributed by atoms with Gasteiger partial charge in [-0.3, -0.25) is 14.4 Å². The molecule has 1 N–H and O–H groups in total. The summed E-state index contributed by atoms with van der Waals surface area (Å²) in [6.45, 7) is 2.96. The highest BCUT2D eigenvalue weighted by Gasteiger charge is 2.43. The number of carbonyl (C=O) groups excluding carboxylic acids is 3. The van der Waals surface area contributed by atoms with Gasteiger partial charge in [-0.1, -0.05) is 48.5 Å². The Kier molecular flexibility index (Phi) is 4.98. The van der Waals surface area contributed by atoms with E-state index < -0.39 is 0 Å². The van der Waals surface area contributed by atoms with Gasteiger partial charge in [-0.05, 0) is 42.0 Å². The molecule has 3 amide bonds. The van der Waals surface area contributed by atoms with E-state index in [0.29, 0.717) is 28.2 Å². The van der Waals surface area contributed by atoms with Crippen LogP contribution in [-0.4, -0.2) is 35.7 Å². The van der Waals surface area contributed by atoms with Gasteiger partial charge in [0, 0.05) is 31.1 Å². The van der Waals surface area contributed by atoms with E-state index in [-0.39, 0.29) is 17.7 Å². The minimum Gasteiger partial charge on any atom is -0.366 e. The Labute approximate surface area is 186 Å². The van der Waals surface area contributed by atoms with Crippen molar-refractivity contribution in [1.82, 2.24) is 4.90 Å². The van der Waals surface area contributed by atoms with Crippen molar-refractivity contribution in [2.45, 2.75) is 19.8 Å². The lowest BCUT2D eigenvalue weighted by Crippen LogP contribution is -2.34. The summed E-state index contributed by atoms with van der Waals surface area (Å²) in [7, 11) is 0. The molecule has 1 saturated heterocycles. The molecule has 32 heavy (non-hydrogen) atoms. The van der Waals surface area contributed by atoms with Gasteiger partial charge in [-0.25, -0.2) is 4.90 Å². The number of amides is 3. The van der Waals surface area contributed by atoms with Crippen LogP contribution in [0.3, 0.4) is 0 Å². The Morgan fingerprint density at radius 1 is 0.844 bits per heavy atom. The van der Waals surface area contributed by atoms with Crippen LogP contribution in [0.25, 0.3) is 16.3 Å². The van der Waals surface area contributed by atoms with Gasteiger partial charge < -0.3 is 10.2 Å². The SMILES string of the molecule is CC(=O)Nc1ccc(C2=C(N3CCCC3)C(=O)N(c3cccc4ccccc34)C2=O)cc1. The van der Waals surface area contributed by atoms with Crippen LogP contribution in [-0.2, 0) is 14.4 Å². The molecule has 3 aromatic carbocycles. The number of nitrogens with one attached hydrogen (secondary N) is 1. The molecule has 2 aliphatic rings. The molecule has 160 valence electrons. The van der Waals surface area contributed by atoms with Gasteiger partial charge in [0.15, 0.2) is 0 Å². The fourth-order valence-corrected chi connectivity index (χ4v) is 4.56. The molecular formula is C26H23N3O3. The van der Waals surface area contributed by atoms with E-state index in [1.807, 2.05) is 47.4 Å². The van der Waals surface area contributed by atoms with Gasteiger partial charge in [-0.2, -0.15) is 0 Å². The number of likely N-dealkylation sites (tertiary alicyclic amines) is 1. The second-order valence-electron chi connectivity index (χ2n) is 8.12. The molecule has 0 aromatic heterocycles. The fraction of sp³-hybridized carbons (Fsp3) is 0.192. The Hall–Kier alpha value is -3.93. The third-order valence-electron chi connectivity index (χ3n) is 5.98. The molecule has 1 fully saturated rings. The fourth-order valence-electron chi connectivity index (χ4n) is 4.56. The number of carbonyl (C=O) groups is 3. The first-order valence-electron chi connectivity index (χ1n) is 10.8.